The lowest BCUT2D eigenvalue weighted by Crippen LogP contribution is -2.30. The first-order chi connectivity index (χ1) is 12.0. The molecule has 0 unspecified atom stereocenters. The van der Waals surface area contributed by atoms with Gasteiger partial charge in [-0.2, -0.15) is 5.10 Å². The Balaban J connectivity index is 1.77. The monoisotopic (exact) mass is 360 g/mol. The number of benzene rings is 1. The van der Waals surface area contributed by atoms with Crippen molar-refractivity contribution < 1.29 is 14.3 Å². The quantitative estimate of drug-likeness (QED) is 0.776. The van der Waals surface area contributed by atoms with Crippen molar-refractivity contribution in [2.75, 3.05) is 0 Å². The third-order valence-corrected chi connectivity index (χ3v) is 4.85. The molecule has 5 nitrogen and oxygen atoms in total. The molecule has 2 aromatic rings. The highest BCUT2D eigenvalue weighted by molar-refractivity contribution is 6.32. The molecule has 0 saturated heterocycles. The fraction of sp³-hybridized carbons (Fsp3) is 0.421. The number of esters is 1. The largest absolute Gasteiger partial charge is 0.451 e. The molecule has 0 aliphatic heterocycles. The Morgan fingerprint density at radius 3 is 2.68 bits per heavy atom. The van der Waals surface area contributed by atoms with E-state index in [1.807, 2.05) is 31.2 Å². The number of rotatable bonds is 4. The number of aromatic nitrogens is 2. The number of ketones is 1. The van der Waals surface area contributed by atoms with Crippen LogP contribution in [0.3, 0.4) is 0 Å². The average molecular weight is 361 g/mol. The molecule has 0 amide bonds. The number of carbonyl (C=O) groups excluding carboxylic acids is 2. The number of hydrogen-bond donors (Lipinski definition) is 0. The van der Waals surface area contributed by atoms with Crippen LogP contribution in [0.5, 0.6) is 0 Å². The van der Waals surface area contributed by atoms with Gasteiger partial charge in [-0.3, -0.25) is 4.79 Å². The van der Waals surface area contributed by atoms with E-state index >= 15 is 0 Å². The van der Waals surface area contributed by atoms with Crippen LogP contribution in [-0.2, 0) is 16.1 Å². The summed E-state index contributed by atoms with van der Waals surface area (Å²) in [7, 11) is 0. The molecule has 1 aromatic heterocycles. The summed E-state index contributed by atoms with van der Waals surface area (Å²) in [5, 5.41) is 4.60. The van der Waals surface area contributed by atoms with Gasteiger partial charge in [-0.05, 0) is 38.7 Å². The molecule has 0 spiro atoms. The smallest absolute Gasteiger partial charge is 0.343 e. The molecule has 1 aromatic carbocycles. The van der Waals surface area contributed by atoms with E-state index in [1.54, 1.807) is 11.6 Å². The summed E-state index contributed by atoms with van der Waals surface area (Å²) in [4.78, 5) is 24.4. The molecule has 25 heavy (non-hydrogen) atoms. The van der Waals surface area contributed by atoms with Gasteiger partial charge >= 0.3 is 5.97 Å². The predicted molar refractivity (Wildman–Crippen MR) is 94.9 cm³/mol. The highest BCUT2D eigenvalue weighted by atomic mass is 35.5. The van der Waals surface area contributed by atoms with Crippen molar-refractivity contribution in [2.45, 2.75) is 52.2 Å². The van der Waals surface area contributed by atoms with E-state index < -0.39 is 12.1 Å². The zero-order chi connectivity index (χ0) is 18.0. The van der Waals surface area contributed by atoms with Gasteiger partial charge in [0.15, 0.2) is 11.9 Å². The van der Waals surface area contributed by atoms with Gasteiger partial charge in [-0.25, -0.2) is 9.48 Å². The second-order valence-electron chi connectivity index (χ2n) is 6.50. The molecule has 1 atom stereocenters. The van der Waals surface area contributed by atoms with Crippen LogP contribution in [0.1, 0.15) is 52.9 Å². The van der Waals surface area contributed by atoms with E-state index in [0.29, 0.717) is 25.1 Å². The Hall–Kier alpha value is -2.14. The normalized spacial score (nSPS) is 17.6. The standard InChI is InChI=1S/C19H21ClN2O3/c1-12-7-9-14(10-8-12)11-22-18(20)17(13(2)21-22)19(24)25-16-6-4-3-5-15(16)23/h7-10,16H,3-6,11H2,1-2H3/t16-/m0/s1. The molecule has 1 heterocycles. The second-order valence-corrected chi connectivity index (χ2v) is 6.86. The van der Waals surface area contributed by atoms with Crippen molar-refractivity contribution >= 4 is 23.4 Å². The first kappa shape index (κ1) is 17.7. The summed E-state index contributed by atoms with van der Waals surface area (Å²) >= 11 is 6.37. The Bertz CT molecular complexity index is 796. The summed E-state index contributed by atoms with van der Waals surface area (Å²) in [5.74, 6) is -0.585. The van der Waals surface area contributed by atoms with E-state index in [1.165, 1.54) is 5.56 Å². The highest BCUT2D eigenvalue weighted by Crippen LogP contribution is 2.25. The third kappa shape index (κ3) is 3.93. The number of carbonyl (C=O) groups is 2. The fourth-order valence-corrected chi connectivity index (χ4v) is 3.33. The fourth-order valence-electron chi connectivity index (χ4n) is 3.02. The Kier molecular flexibility index (Phi) is 5.23. The van der Waals surface area contributed by atoms with Gasteiger partial charge in [0.25, 0.3) is 0 Å². The molecule has 1 fully saturated rings. The van der Waals surface area contributed by atoms with E-state index in [2.05, 4.69) is 5.10 Å². The molecule has 0 radical (unpaired) electrons. The Labute approximate surface area is 151 Å². The van der Waals surface area contributed by atoms with Gasteiger partial charge < -0.3 is 4.74 Å². The van der Waals surface area contributed by atoms with Crippen LogP contribution in [0, 0.1) is 13.8 Å². The first-order valence-corrected chi connectivity index (χ1v) is 8.85. The Morgan fingerprint density at radius 1 is 1.28 bits per heavy atom. The number of aryl methyl sites for hydroxylation is 2. The Morgan fingerprint density at radius 2 is 2.00 bits per heavy atom. The van der Waals surface area contributed by atoms with Gasteiger partial charge in [0.05, 0.1) is 12.2 Å². The van der Waals surface area contributed by atoms with Crippen LogP contribution in [0.25, 0.3) is 0 Å². The summed E-state index contributed by atoms with van der Waals surface area (Å²) < 4.78 is 6.99. The van der Waals surface area contributed by atoms with Gasteiger partial charge in [0.2, 0.25) is 0 Å². The SMILES string of the molecule is Cc1ccc(Cn2nc(C)c(C(=O)O[C@H]3CCCCC3=O)c2Cl)cc1. The lowest BCUT2D eigenvalue weighted by molar-refractivity contribution is -0.129. The maximum atomic E-state index is 12.5. The van der Waals surface area contributed by atoms with Gasteiger partial charge in [-0.15, -0.1) is 0 Å². The summed E-state index contributed by atoms with van der Waals surface area (Å²) in [6.45, 7) is 4.21. The maximum absolute atomic E-state index is 12.5. The molecule has 1 aliphatic carbocycles. The van der Waals surface area contributed by atoms with Crippen molar-refractivity contribution in [2.24, 2.45) is 0 Å². The van der Waals surface area contributed by atoms with Crippen molar-refractivity contribution in [3.8, 4) is 0 Å². The molecule has 0 N–H and O–H groups in total. The van der Waals surface area contributed by atoms with Crippen LogP contribution in [-0.4, -0.2) is 27.6 Å². The lowest BCUT2D eigenvalue weighted by Gasteiger charge is -2.20. The zero-order valence-electron chi connectivity index (χ0n) is 14.4. The highest BCUT2D eigenvalue weighted by Gasteiger charge is 2.29. The van der Waals surface area contributed by atoms with Gasteiger partial charge in [0.1, 0.15) is 10.7 Å². The number of Topliss-reactive ketones (excluding diaryl/α,β-unsaturated/α-hetero) is 1. The number of hydrogen-bond acceptors (Lipinski definition) is 4. The molecular weight excluding hydrogens is 340 g/mol. The van der Waals surface area contributed by atoms with Crippen LogP contribution in [0.4, 0.5) is 0 Å². The van der Waals surface area contributed by atoms with E-state index in [9.17, 15) is 9.59 Å². The molecule has 132 valence electrons. The second kappa shape index (κ2) is 7.40. The van der Waals surface area contributed by atoms with Crippen molar-refractivity contribution in [3.05, 3.63) is 51.8 Å². The lowest BCUT2D eigenvalue weighted by atomic mass is 9.96. The zero-order valence-corrected chi connectivity index (χ0v) is 15.2. The van der Waals surface area contributed by atoms with Crippen molar-refractivity contribution in [1.82, 2.24) is 9.78 Å². The molecule has 1 saturated carbocycles. The topological polar surface area (TPSA) is 61.2 Å². The minimum Gasteiger partial charge on any atom is -0.451 e. The van der Waals surface area contributed by atoms with Gasteiger partial charge in [-0.1, -0.05) is 41.4 Å². The first-order valence-electron chi connectivity index (χ1n) is 8.48. The maximum Gasteiger partial charge on any atom is 0.343 e. The van der Waals surface area contributed by atoms with Crippen LogP contribution < -0.4 is 0 Å². The van der Waals surface area contributed by atoms with Gasteiger partial charge in [0, 0.05) is 6.42 Å². The number of halogens is 1. The van der Waals surface area contributed by atoms with Crippen LogP contribution >= 0.6 is 11.6 Å². The van der Waals surface area contributed by atoms with E-state index in [4.69, 9.17) is 16.3 Å². The van der Waals surface area contributed by atoms with E-state index in [0.717, 1.165) is 18.4 Å². The molecule has 6 heteroatoms. The molecule has 3 rings (SSSR count). The minimum absolute atomic E-state index is 0.0135. The van der Waals surface area contributed by atoms with Crippen LogP contribution in [0.2, 0.25) is 5.15 Å². The molecular formula is C19H21ClN2O3. The summed E-state index contributed by atoms with van der Waals surface area (Å²) in [6, 6.07) is 8.04. The summed E-state index contributed by atoms with van der Waals surface area (Å²) in [6.07, 6.45) is 2.15. The third-order valence-electron chi connectivity index (χ3n) is 4.47. The number of ether oxygens (including phenoxy) is 1. The number of nitrogens with zero attached hydrogens (tertiary/aromatic N) is 2. The van der Waals surface area contributed by atoms with Crippen molar-refractivity contribution in [3.63, 3.8) is 0 Å². The van der Waals surface area contributed by atoms with Crippen LogP contribution in [0.15, 0.2) is 24.3 Å². The van der Waals surface area contributed by atoms with E-state index in [-0.39, 0.29) is 16.5 Å². The molecule has 0 bridgehead atoms. The predicted octanol–water partition coefficient (Wildman–Crippen LogP) is 3.87. The average Bonchev–Trinajstić information content (AvgIpc) is 2.85. The summed E-state index contributed by atoms with van der Waals surface area (Å²) in [5.41, 5.74) is 2.96. The molecule has 1 aliphatic rings. The minimum atomic E-state index is -0.655. The van der Waals surface area contributed by atoms with Crippen molar-refractivity contribution in [1.29, 1.82) is 0 Å².